The first-order chi connectivity index (χ1) is 5.70. The van der Waals surface area contributed by atoms with Crippen molar-refractivity contribution >= 4 is 0 Å². The predicted octanol–water partition coefficient (Wildman–Crippen LogP) is 2.38. The highest BCUT2D eigenvalue weighted by molar-refractivity contribution is 5.41. The lowest BCUT2D eigenvalue weighted by atomic mass is 10.0. The van der Waals surface area contributed by atoms with Gasteiger partial charge < -0.3 is 0 Å². The molecular weight excluding hydrogens is 146 g/mol. The molecule has 66 valence electrons. The van der Waals surface area contributed by atoms with Crippen LogP contribution in [-0.4, -0.2) is 24.5 Å². The molecule has 0 aromatic heterocycles. The summed E-state index contributed by atoms with van der Waals surface area (Å²) in [6.45, 7) is 9.12. The van der Waals surface area contributed by atoms with Gasteiger partial charge in [0.2, 0.25) is 0 Å². The summed E-state index contributed by atoms with van der Waals surface area (Å²) in [5, 5.41) is 0. The van der Waals surface area contributed by atoms with Crippen LogP contribution in [0.5, 0.6) is 0 Å². The van der Waals surface area contributed by atoms with Crippen molar-refractivity contribution in [2.45, 2.75) is 19.9 Å². The fraction of sp³-hybridized carbons (Fsp3) is 0.455. The van der Waals surface area contributed by atoms with Gasteiger partial charge in [-0.2, -0.15) is 0 Å². The van der Waals surface area contributed by atoms with E-state index in [2.05, 4.69) is 44.5 Å². The second-order valence-corrected chi connectivity index (χ2v) is 3.26. The van der Waals surface area contributed by atoms with Crippen molar-refractivity contribution in [2.24, 2.45) is 0 Å². The summed E-state index contributed by atoms with van der Waals surface area (Å²) < 4.78 is 0. The molecule has 1 heterocycles. The molecule has 0 radical (unpaired) electrons. The quantitative estimate of drug-likeness (QED) is 0.573. The Labute approximate surface area is 75.1 Å². The van der Waals surface area contributed by atoms with Crippen LogP contribution in [0.1, 0.15) is 13.8 Å². The molecule has 0 aromatic rings. The SMILES string of the molecule is C=C/C=C1\C(=C/C)CN(C)C1C. The number of rotatable bonds is 1. The van der Waals surface area contributed by atoms with Crippen LogP contribution < -0.4 is 0 Å². The molecule has 0 amide bonds. The topological polar surface area (TPSA) is 3.24 Å². The van der Waals surface area contributed by atoms with Crippen LogP contribution in [0.4, 0.5) is 0 Å². The monoisotopic (exact) mass is 163 g/mol. The van der Waals surface area contributed by atoms with Crippen LogP contribution in [0.2, 0.25) is 0 Å². The molecule has 1 nitrogen and oxygen atoms in total. The van der Waals surface area contributed by atoms with Gasteiger partial charge in [0, 0.05) is 12.6 Å². The van der Waals surface area contributed by atoms with Crippen molar-refractivity contribution in [3.8, 4) is 0 Å². The third-order valence-electron chi connectivity index (χ3n) is 2.55. The summed E-state index contributed by atoms with van der Waals surface area (Å²) in [7, 11) is 2.15. The maximum Gasteiger partial charge on any atom is 0.0323 e. The van der Waals surface area contributed by atoms with E-state index in [-0.39, 0.29) is 0 Å². The Hall–Kier alpha value is -0.820. The largest absolute Gasteiger partial charge is 0.295 e. The number of hydrogen-bond acceptors (Lipinski definition) is 1. The van der Waals surface area contributed by atoms with Gasteiger partial charge in [-0.15, -0.1) is 0 Å². The highest BCUT2D eigenvalue weighted by Crippen LogP contribution is 2.26. The molecule has 0 bridgehead atoms. The van der Waals surface area contributed by atoms with Crippen molar-refractivity contribution in [3.05, 3.63) is 36.0 Å². The van der Waals surface area contributed by atoms with Crippen molar-refractivity contribution in [2.75, 3.05) is 13.6 Å². The fourth-order valence-electron chi connectivity index (χ4n) is 1.63. The van der Waals surface area contributed by atoms with Crippen LogP contribution in [0.15, 0.2) is 36.0 Å². The van der Waals surface area contributed by atoms with Crippen molar-refractivity contribution < 1.29 is 0 Å². The predicted molar refractivity (Wildman–Crippen MR) is 54.1 cm³/mol. The number of likely N-dealkylation sites (N-methyl/N-ethyl adjacent to an activating group) is 1. The number of nitrogens with zero attached hydrogens (tertiary/aromatic N) is 1. The lowest BCUT2D eigenvalue weighted by Gasteiger charge is -2.13. The molecule has 0 saturated carbocycles. The Bertz CT molecular complexity index is 235. The van der Waals surface area contributed by atoms with Gasteiger partial charge in [-0.3, -0.25) is 4.90 Å². The van der Waals surface area contributed by atoms with E-state index in [1.807, 2.05) is 6.08 Å². The van der Waals surface area contributed by atoms with E-state index in [4.69, 9.17) is 0 Å². The molecule has 1 aliphatic rings. The maximum absolute atomic E-state index is 3.73. The molecule has 1 aliphatic heterocycles. The number of hydrogen-bond donors (Lipinski definition) is 0. The smallest absolute Gasteiger partial charge is 0.0323 e. The summed E-state index contributed by atoms with van der Waals surface area (Å²) in [5.74, 6) is 0. The standard InChI is InChI=1S/C11H17N/c1-5-7-11-9(3)12(4)8-10(11)6-2/h5-7,9H,1,8H2,2-4H3/b10-6-,11-7-. The lowest BCUT2D eigenvalue weighted by molar-refractivity contribution is 0.354. The molecule has 1 heteroatoms. The first-order valence-electron chi connectivity index (χ1n) is 4.39. The first kappa shape index (κ1) is 9.27. The van der Waals surface area contributed by atoms with Crippen LogP contribution in [0, 0.1) is 0 Å². The highest BCUT2D eigenvalue weighted by atomic mass is 15.1. The lowest BCUT2D eigenvalue weighted by Crippen LogP contribution is -2.22. The van der Waals surface area contributed by atoms with E-state index in [1.165, 1.54) is 11.1 Å². The molecule has 0 aromatic carbocycles. The van der Waals surface area contributed by atoms with Crippen LogP contribution in [0.25, 0.3) is 0 Å². The third kappa shape index (κ3) is 1.51. The van der Waals surface area contributed by atoms with E-state index in [1.54, 1.807) is 0 Å². The van der Waals surface area contributed by atoms with E-state index in [9.17, 15) is 0 Å². The Morgan fingerprint density at radius 3 is 2.75 bits per heavy atom. The fourth-order valence-corrected chi connectivity index (χ4v) is 1.63. The molecule has 0 spiro atoms. The van der Waals surface area contributed by atoms with E-state index in [0.717, 1.165) is 6.54 Å². The van der Waals surface area contributed by atoms with Gasteiger partial charge in [0.15, 0.2) is 0 Å². The van der Waals surface area contributed by atoms with E-state index < -0.39 is 0 Å². The molecule has 1 atom stereocenters. The Morgan fingerprint density at radius 1 is 1.58 bits per heavy atom. The van der Waals surface area contributed by atoms with Crippen LogP contribution in [0.3, 0.4) is 0 Å². The maximum atomic E-state index is 3.73. The Kier molecular flexibility index (Phi) is 2.88. The molecule has 1 saturated heterocycles. The van der Waals surface area contributed by atoms with Crippen LogP contribution >= 0.6 is 0 Å². The molecule has 0 N–H and O–H groups in total. The molecule has 12 heavy (non-hydrogen) atoms. The summed E-state index contributed by atoms with van der Waals surface area (Å²) >= 11 is 0. The minimum Gasteiger partial charge on any atom is -0.295 e. The zero-order valence-corrected chi connectivity index (χ0v) is 8.17. The summed E-state index contributed by atoms with van der Waals surface area (Å²) in [6.07, 6.45) is 6.17. The van der Waals surface area contributed by atoms with Crippen molar-refractivity contribution in [1.29, 1.82) is 0 Å². The van der Waals surface area contributed by atoms with Crippen LogP contribution in [-0.2, 0) is 0 Å². The summed E-state index contributed by atoms with van der Waals surface area (Å²) in [6, 6.07) is 0.536. The molecule has 1 fully saturated rings. The Balaban J connectivity index is 2.96. The van der Waals surface area contributed by atoms with E-state index >= 15 is 0 Å². The van der Waals surface area contributed by atoms with Crippen molar-refractivity contribution in [3.63, 3.8) is 0 Å². The van der Waals surface area contributed by atoms with Gasteiger partial charge in [0.05, 0.1) is 0 Å². The minimum atomic E-state index is 0.536. The first-order valence-corrected chi connectivity index (χ1v) is 4.39. The number of likely N-dealkylation sites (tertiary alicyclic amines) is 1. The zero-order chi connectivity index (χ0) is 9.14. The molecule has 1 unspecified atom stereocenters. The molecule has 1 rings (SSSR count). The van der Waals surface area contributed by atoms with Gasteiger partial charge >= 0.3 is 0 Å². The van der Waals surface area contributed by atoms with Crippen molar-refractivity contribution in [1.82, 2.24) is 4.90 Å². The Morgan fingerprint density at radius 2 is 2.25 bits per heavy atom. The zero-order valence-electron chi connectivity index (χ0n) is 8.17. The molecule has 0 aliphatic carbocycles. The normalized spacial score (nSPS) is 31.8. The number of allylic oxidation sites excluding steroid dienone is 3. The molecular formula is C11H17N. The van der Waals surface area contributed by atoms with Gasteiger partial charge in [-0.25, -0.2) is 0 Å². The van der Waals surface area contributed by atoms with Gasteiger partial charge in [0.25, 0.3) is 0 Å². The second kappa shape index (κ2) is 3.72. The second-order valence-electron chi connectivity index (χ2n) is 3.26. The van der Waals surface area contributed by atoms with Gasteiger partial charge in [-0.05, 0) is 32.0 Å². The highest BCUT2D eigenvalue weighted by Gasteiger charge is 2.24. The van der Waals surface area contributed by atoms with E-state index in [0.29, 0.717) is 6.04 Å². The van der Waals surface area contributed by atoms with Gasteiger partial charge in [-0.1, -0.05) is 24.8 Å². The van der Waals surface area contributed by atoms with Gasteiger partial charge in [0.1, 0.15) is 0 Å². The average molecular weight is 163 g/mol. The third-order valence-corrected chi connectivity index (χ3v) is 2.55. The average Bonchev–Trinajstić information content (AvgIpc) is 2.33. The summed E-state index contributed by atoms with van der Waals surface area (Å²) in [4.78, 5) is 2.34. The minimum absolute atomic E-state index is 0.536. The summed E-state index contributed by atoms with van der Waals surface area (Å²) in [5.41, 5.74) is 2.85.